The summed E-state index contributed by atoms with van der Waals surface area (Å²) in [5.41, 5.74) is 8.06. The summed E-state index contributed by atoms with van der Waals surface area (Å²) in [5, 5.41) is 4.34. The smallest absolute Gasteiger partial charge is 0.124 e. The van der Waals surface area contributed by atoms with Crippen LogP contribution in [0.25, 0.3) is 0 Å². The molecule has 2 N–H and O–H groups in total. The third kappa shape index (κ3) is 2.71. The summed E-state index contributed by atoms with van der Waals surface area (Å²) < 4.78 is 7.53. The van der Waals surface area contributed by atoms with Gasteiger partial charge in [0.25, 0.3) is 0 Å². The number of nitrogens with two attached hydrogens (primary N) is 1. The summed E-state index contributed by atoms with van der Waals surface area (Å²) in [6.07, 6.45) is 2.02. The van der Waals surface area contributed by atoms with Gasteiger partial charge < -0.3 is 10.5 Å². The lowest BCUT2D eigenvalue weighted by Crippen LogP contribution is -2.16. The lowest BCUT2D eigenvalue weighted by atomic mass is 10.0. The molecule has 4 heteroatoms. The van der Waals surface area contributed by atoms with E-state index in [9.17, 15) is 0 Å². The predicted molar refractivity (Wildman–Crippen MR) is 71.4 cm³/mol. The highest BCUT2D eigenvalue weighted by atomic mass is 16.5. The zero-order chi connectivity index (χ0) is 13.1. The quantitative estimate of drug-likeness (QED) is 0.899. The summed E-state index contributed by atoms with van der Waals surface area (Å²) >= 11 is 0. The molecular weight excluding hydrogens is 226 g/mol. The molecule has 0 amide bonds. The summed E-state index contributed by atoms with van der Waals surface area (Å²) in [4.78, 5) is 0. The first-order valence-electron chi connectivity index (χ1n) is 6.08. The van der Waals surface area contributed by atoms with Crippen LogP contribution in [0.5, 0.6) is 5.75 Å². The zero-order valence-corrected chi connectivity index (χ0v) is 11.0. The van der Waals surface area contributed by atoms with Crippen LogP contribution in [0.1, 0.15) is 31.1 Å². The van der Waals surface area contributed by atoms with Crippen LogP contribution in [0.2, 0.25) is 0 Å². The Morgan fingerprint density at radius 1 is 1.22 bits per heavy atom. The third-order valence-corrected chi connectivity index (χ3v) is 2.67. The fourth-order valence-electron chi connectivity index (χ4n) is 1.86. The maximum atomic E-state index is 6.25. The van der Waals surface area contributed by atoms with Gasteiger partial charge in [0.05, 0.1) is 17.8 Å². The van der Waals surface area contributed by atoms with Gasteiger partial charge in [0, 0.05) is 18.8 Å². The molecular formula is C14H19N3O. The second-order valence-corrected chi connectivity index (χ2v) is 4.60. The fourth-order valence-corrected chi connectivity index (χ4v) is 1.86. The van der Waals surface area contributed by atoms with Crippen molar-refractivity contribution < 1.29 is 4.74 Å². The number of aromatic nitrogens is 2. The molecule has 0 radical (unpaired) electrons. The van der Waals surface area contributed by atoms with Gasteiger partial charge in [0.15, 0.2) is 0 Å². The first-order valence-corrected chi connectivity index (χ1v) is 6.08. The van der Waals surface area contributed by atoms with Crippen LogP contribution in [-0.4, -0.2) is 15.9 Å². The van der Waals surface area contributed by atoms with Gasteiger partial charge in [0.1, 0.15) is 5.75 Å². The van der Waals surface area contributed by atoms with E-state index in [0.29, 0.717) is 0 Å². The van der Waals surface area contributed by atoms with Gasteiger partial charge in [-0.1, -0.05) is 18.2 Å². The number of nitrogens with zero attached hydrogens (tertiary/aromatic N) is 2. The Hall–Kier alpha value is -1.81. The Morgan fingerprint density at radius 2 is 1.94 bits per heavy atom. The van der Waals surface area contributed by atoms with Crippen LogP contribution in [0.3, 0.4) is 0 Å². The zero-order valence-electron chi connectivity index (χ0n) is 11.0. The van der Waals surface area contributed by atoms with Crippen LogP contribution in [0.15, 0.2) is 36.5 Å². The van der Waals surface area contributed by atoms with Crippen molar-refractivity contribution in [3.05, 3.63) is 47.8 Å². The van der Waals surface area contributed by atoms with Gasteiger partial charge in [-0.25, -0.2) is 0 Å². The third-order valence-electron chi connectivity index (χ3n) is 2.67. The topological polar surface area (TPSA) is 53.1 Å². The molecule has 96 valence electrons. The van der Waals surface area contributed by atoms with E-state index in [1.54, 1.807) is 4.68 Å². The van der Waals surface area contributed by atoms with E-state index in [2.05, 4.69) is 5.10 Å². The van der Waals surface area contributed by atoms with Crippen LogP contribution in [0.4, 0.5) is 0 Å². The molecule has 0 aliphatic rings. The molecule has 1 atom stereocenters. The van der Waals surface area contributed by atoms with Gasteiger partial charge in [0.2, 0.25) is 0 Å². The Bertz CT molecular complexity index is 519. The molecule has 1 unspecified atom stereocenters. The highest BCUT2D eigenvalue weighted by molar-refractivity contribution is 5.39. The molecule has 1 heterocycles. The molecule has 0 spiro atoms. The number of rotatable bonds is 4. The first-order chi connectivity index (χ1) is 8.58. The second-order valence-electron chi connectivity index (χ2n) is 4.60. The summed E-state index contributed by atoms with van der Waals surface area (Å²) in [7, 11) is 1.88. The van der Waals surface area contributed by atoms with Crippen molar-refractivity contribution >= 4 is 0 Å². The average Bonchev–Trinajstić information content (AvgIpc) is 2.75. The van der Waals surface area contributed by atoms with E-state index in [-0.39, 0.29) is 12.1 Å². The molecule has 2 rings (SSSR count). The van der Waals surface area contributed by atoms with E-state index >= 15 is 0 Å². The molecule has 18 heavy (non-hydrogen) atoms. The molecule has 4 nitrogen and oxygen atoms in total. The average molecular weight is 245 g/mol. The van der Waals surface area contributed by atoms with E-state index in [4.69, 9.17) is 10.5 Å². The summed E-state index contributed by atoms with van der Waals surface area (Å²) in [5.74, 6) is 0.825. The summed E-state index contributed by atoms with van der Waals surface area (Å²) in [6, 6.07) is 9.50. The number of hydrogen-bond donors (Lipinski definition) is 1. The first kappa shape index (κ1) is 12.6. The standard InChI is InChI=1S/C14H19N3O/c1-10(2)18-13-7-5-4-6-11(13)14(15)12-8-9-17(3)16-12/h4-10,14H,15H2,1-3H3. The highest BCUT2D eigenvalue weighted by Gasteiger charge is 2.16. The Labute approximate surface area is 107 Å². The van der Waals surface area contributed by atoms with Crippen LogP contribution in [0, 0.1) is 0 Å². The van der Waals surface area contributed by atoms with Crippen molar-refractivity contribution in [2.75, 3.05) is 0 Å². The molecule has 0 aliphatic carbocycles. The largest absolute Gasteiger partial charge is 0.491 e. The number of hydrogen-bond acceptors (Lipinski definition) is 3. The van der Waals surface area contributed by atoms with Crippen LogP contribution < -0.4 is 10.5 Å². The summed E-state index contributed by atoms with van der Waals surface area (Å²) in [6.45, 7) is 4.01. The maximum absolute atomic E-state index is 6.25. The van der Waals surface area contributed by atoms with E-state index in [0.717, 1.165) is 17.0 Å². The van der Waals surface area contributed by atoms with E-state index in [1.165, 1.54) is 0 Å². The molecule has 0 fully saturated rings. The van der Waals surface area contributed by atoms with Crippen molar-refractivity contribution in [2.45, 2.75) is 26.0 Å². The minimum atomic E-state index is -0.263. The number of ether oxygens (including phenoxy) is 1. The second kappa shape index (κ2) is 5.23. The molecule has 0 saturated carbocycles. The van der Waals surface area contributed by atoms with Gasteiger partial charge in [-0.2, -0.15) is 5.10 Å². The number of benzene rings is 1. The van der Waals surface area contributed by atoms with Crippen molar-refractivity contribution in [1.82, 2.24) is 9.78 Å². The van der Waals surface area contributed by atoms with Gasteiger partial charge in [-0.15, -0.1) is 0 Å². The van der Waals surface area contributed by atoms with Gasteiger partial charge in [-0.3, -0.25) is 4.68 Å². The minimum Gasteiger partial charge on any atom is -0.491 e. The normalized spacial score (nSPS) is 12.7. The Kier molecular flexibility index (Phi) is 3.67. The Morgan fingerprint density at radius 3 is 2.56 bits per heavy atom. The molecule has 0 bridgehead atoms. The molecule has 0 aliphatic heterocycles. The predicted octanol–water partition coefficient (Wildman–Crippen LogP) is 2.26. The van der Waals surface area contributed by atoms with Crippen LogP contribution in [-0.2, 0) is 7.05 Å². The lowest BCUT2D eigenvalue weighted by Gasteiger charge is -2.17. The lowest BCUT2D eigenvalue weighted by molar-refractivity contribution is 0.239. The van der Waals surface area contributed by atoms with Crippen molar-refractivity contribution in [3.8, 4) is 5.75 Å². The van der Waals surface area contributed by atoms with Gasteiger partial charge in [-0.05, 0) is 26.0 Å². The van der Waals surface area contributed by atoms with E-state index < -0.39 is 0 Å². The van der Waals surface area contributed by atoms with Crippen molar-refractivity contribution in [1.29, 1.82) is 0 Å². The minimum absolute atomic E-state index is 0.127. The molecule has 1 aromatic heterocycles. The maximum Gasteiger partial charge on any atom is 0.124 e. The molecule has 1 aromatic carbocycles. The van der Waals surface area contributed by atoms with Crippen molar-refractivity contribution in [2.24, 2.45) is 12.8 Å². The van der Waals surface area contributed by atoms with Gasteiger partial charge >= 0.3 is 0 Å². The van der Waals surface area contributed by atoms with Crippen molar-refractivity contribution in [3.63, 3.8) is 0 Å². The Balaban J connectivity index is 2.32. The fraction of sp³-hybridized carbons (Fsp3) is 0.357. The van der Waals surface area contributed by atoms with Crippen LogP contribution >= 0.6 is 0 Å². The number of para-hydroxylation sites is 1. The molecule has 2 aromatic rings. The number of aryl methyl sites for hydroxylation is 1. The highest BCUT2D eigenvalue weighted by Crippen LogP contribution is 2.27. The van der Waals surface area contributed by atoms with E-state index in [1.807, 2.05) is 57.4 Å². The SMILES string of the molecule is CC(C)Oc1ccccc1C(N)c1ccn(C)n1. The molecule has 0 saturated heterocycles. The monoisotopic (exact) mass is 245 g/mol.